The number of ether oxygens (including phenoxy) is 1. The maximum Gasteiger partial charge on any atom is 0.118 e. The zero-order valence-electron chi connectivity index (χ0n) is 12.1. The van der Waals surface area contributed by atoms with Crippen molar-refractivity contribution in [2.75, 3.05) is 33.4 Å². The average Bonchev–Trinajstić information content (AvgIpc) is 2.68. The highest BCUT2D eigenvalue weighted by molar-refractivity contribution is 5.20. The monoisotopic (exact) mass is 254 g/mol. The number of nitrogens with zero attached hydrogens (tertiary/aromatic N) is 1. The summed E-state index contributed by atoms with van der Waals surface area (Å²) >= 11 is 0. The van der Waals surface area contributed by atoms with Gasteiger partial charge in [0.15, 0.2) is 0 Å². The number of rotatable bonds is 9. The molecular formula is C14H26N2O2. The summed E-state index contributed by atoms with van der Waals surface area (Å²) in [6.07, 6.45) is 0. The van der Waals surface area contributed by atoms with Gasteiger partial charge in [0.1, 0.15) is 11.5 Å². The van der Waals surface area contributed by atoms with Crippen LogP contribution in [0.4, 0.5) is 0 Å². The molecule has 4 heteroatoms. The summed E-state index contributed by atoms with van der Waals surface area (Å²) in [5, 5.41) is 3.27. The molecule has 1 N–H and O–H groups in total. The van der Waals surface area contributed by atoms with Gasteiger partial charge < -0.3 is 14.5 Å². The maximum atomic E-state index is 5.72. The molecule has 0 saturated heterocycles. The van der Waals surface area contributed by atoms with E-state index < -0.39 is 0 Å². The molecule has 1 aromatic heterocycles. The first-order chi connectivity index (χ1) is 8.67. The number of nitrogens with one attached hydrogen (secondary N) is 1. The van der Waals surface area contributed by atoms with Crippen molar-refractivity contribution in [3.63, 3.8) is 0 Å². The topological polar surface area (TPSA) is 37.6 Å². The third-order valence-electron chi connectivity index (χ3n) is 2.88. The average molecular weight is 254 g/mol. The molecule has 0 atom stereocenters. The molecule has 1 heterocycles. The molecule has 18 heavy (non-hydrogen) atoms. The van der Waals surface area contributed by atoms with E-state index in [2.05, 4.69) is 30.3 Å². The van der Waals surface area contributed by atoms with Gasteiger partial charge in [0.25, 0.3) is 0 Å². The molecule has 4 nitrogen and oxygen atoms in total. The van der Waals surface area contributed by atoms with Crippen LogP contribution in [0.5, 0.6) is 0 Å². The molecule has 0 radical (unpaired) electrons. The van der Waals surface area contributed by atoms with Gasteiger partial charge in [-0.25, -0.2) is 0 Å². The fourth-order valence-electron chi connectivity index (χ4n) is 1.81. The summed E-state index contributed by atoms with van der Waals surface area (Å²) in [6, 6.07) is 2.15. The SMILES string of the molecule is CCNCc1cc(CN(C)CCOCC)c(C)o1. The van der Waals surface area contributed by atoms with Crippen LogP contribution in [0.25, 0.3) is 0 Å². The van der Waals surface area contributed by atoms with E-state index in [4.69, 9.17) is 9.15 Å². The van der Waals surface area contributed by atoms with Crippen LogP contribution in [0.1, 0.15) is 30.9 Å². The minimum Gasteiger partial charge on any atom is -0.465 e. The predicted octanol–water partition coefficient (Wildman–Crippen LogP) is 2.17. The van der Waals surface area contributed by atoms with Gasteiger partial charge in [-0.15, -0.1) is 0 Å². The van der Waals surface area contributed by atoms with Gasteiger partial charge in [0.2, 0.25) is 0 Å². The Morgan fingerprint density at radius 1 is 1.39 bits per heavy atom. The van der Waals surface area contributed by atoms with Gasteiger partial charge in [-0.2, -0.15) is 0 Å². The lowest BCUT2D eigenvalue weighted by molar-refractivity contribution is 0.120. The molecule has 0 bridgehead atoms. The first kappa shape index (κ1) is 15.2. The van der Waals surface area contributed by atoms with E-state index in [-0.39, 0.29) is 0 Å². The summed E-state index contributed by atoms with van der Waals surface area (Å²) in [5.74, 6) is 2.04. The second kappa shape index (κ2) is 8.29. The fourth-order valence-corrected chi connectivity index (χ4v) is 1.81. The molecule has 1 rings (SSSR count). The van der Waals surface area contributed by atoms with Gasteiger partial charge in [0.05, 0.1) is 13.2 Å². The van der Waals surface area contributed by atoms with Gasteiger partial charge >= 0.3 is 0 Å². The van der Waals surface area contributed by atoms with Crippen molar-refractivity contribution < 1.29 is 9.15 Å². The van der Waals surface area contributed by atoms with E-state index >= 15 is 0 Å². The quantitative estimate of drug-likeness (QED) is 0.685. The summed E-state index contributed by atoms with van der Waals surface area (Å²) < 4.78 is 11.1. The number of likely N-dealkylation sites (N-methyl/N-ethyl adjacent to an activating group) is 1. The molecule has 0 amide bonds. The number of furan rings is 1. The fraction of sp³-hybridized carbons (Fsp3) is 0.714. The summed E-state index contributed by atoms with van der Waals surface area (Å²) in [4.78, 5) is 2.25. The van der Waals surface area contributed by atoms with Crippen LogP contribution in [0, 0.1) is 6.92 Å². The Morgan fingerprint density at radius 3 is 2.83 bits per heavy atom. The van der Waals surface area contributed by atoms with Crippen molar-refractivity contribution in [3.05, 3.63) is 23.2 Å². The minimum atomic E-state index is 0.783. The third-order valence-corrected chi connectivity index (χ3v) is 2.88. The summed E-state index contributed by atoms with van der Waals surface area (Å²) in [6.45, 7) is 11.3. The molecule has 0 aliphatic rings. The van der Waals surface area contributed by atoms with Crippen molar-refractivity contribution in [1.82, 2.24) is 10.2 Å². The standard InChI is InChI=1S/C14H26N2O2/c1-5-15-10-14-9-13(12(3)18-14)11-16(4)7-8-17-6-2/h9,15H,5-8,10-11H2,1-4H3. The highest BCUT2D eigenvalue weighted by Crippen LogP contribution is 2.16. The van der Waals surface area contributed by atoms with Gasteiger partial charge in [-0.05, 0) is 33.5 Å². The molecule has 0 aliphatic carbocycles. The van der Waals surface area contributed by atoms with E-state index in [0.717, 1.165) is 50.9 Å². The van der Waals surface area contributed by atoms with Crippen LogP contribution in [-0.2, 0) is 17.8 Å². The molecule has 0 fully saturated rings. The van der Waals surface area contributed by atoms with E-state index in [1.807, 2.05) is 13.8 Å². The van der Waals surface area contributed by atoms with Gasteiger partial charge in [-0.3, -0.25) is 4.90 Å². The molecule has 0 aliphatic heterocycles. The highest BCUT2D eigenvalue weighted by atomic mass is 16.5. The van der Waals surface area contributed by atoms with Crippen molar-refractivity contribution in [2.24, 2.45) is 0 Å². The molecule has 104 valence electrons. The van der Waals surface area contributed by atoms with E-state index in [1.165, 1.54) is 5.56 Å². The van der Waals surface area contributed by atoms with Crippen molar-refractivity contribution in [2.45, 2.75) is 33.9 Å². The predicted molar refractivity (Wildman–Crippen MR) is 73.7 cm³/mol. The largest absolute Gasteiger partial charge is 0.465 e. The second-order valence-electron chi connectivity index (χ2n) is 4.51. The van der Waals surface area contributed by atoms with Crippen LogP contribution in [0.2, 0.25) is 0 Å². The maximum absolute atomic E-state index is 5.72. The molecule has 0 saturated carbocycles. The number of hydrogen-bond donors (Lipinski definition) is 1. The van der Waals surface area contributed by atoms with Gasteiger partial charge in [-0.1, -0.05) is 6.92 Å². The first-order valence-corrected chi connectivity index (χ1v) is 6.72. The van der Waals surface area contributed by atoms with Crippen molar-refractivity contribution in [1.29, 1.82) is 0 Å². The Labute approximate surface area is 110 Å². The highest BCUT2D eigenvalue weighted by Gasteiger charge is 2.09. The lowest BCUT2D eigenvalue weighted by atomic mass is 10.2. The van der Waals surface area contributed by atoms with Crippen molar-refractivity contribution in [3.8, 4) is 0 Å². The van der Waals surface area contributed by atoms with Crippen LogP contribution >= 0.6 is 0 Å². The summed E-state index contributed by atoms with van der Waals surface area (Å²) in [5.41, 5.74) is 1.27. The van der Waals surface area contributed by atoms with E-state index in [1.54, 1.807) is 0 Å². The van der Waals surface area contributed by atoms with Crippen LogP contribution < -0.4 is 5.32 Å². The molecule has 0 aromatic carbocycles. The smallest absolute Gasteiger partial charge is 0.118 e. The lowest BCUT2D eigenvalue weighted by Gasteiger charge is -2.15. The van der Waals surface area contributed by atoms with Crippen LogP contribution in [0.3, 0.4) is 0 Å². The molecule has 0 unspecified atom stereocenters. The Morgan fingerprint density at radius 2 is 2.17 bits per heavy atom. The number of aryl methyl sites for hydroxylation is 1. The number of hydrogen-bond acceptors (Lipinski definition) is 4. The zero-order chi connectivity index (χ0) is 13.4. The Balaban J connectivity index is 2.42. The van der Waals surface area contributed by atoms with Gasteiger partial charge in [0, 0.05) is 25.3 Å². The van der Waals surface area contributed by atoms with E-state index in [0.29, 0.717) is 0 Å². The third kappa shape index (κ3) is 5.21. The Kier molecular flexibility index (Phi) is 7.01. The van der Waals surface area contributed by atoms with Crippen LogP contribution in [0.15, 0.2) is 10.5 Å². The van der Waals surface area contributed by atoms with Crippen LogP contribution in [-0.4, -0.2) is 38.3 Å². The molecular weight excluding hydrogens is 228 g/mol. The zero-order valence-corrected chi connectivity index (χ0v) is 12.1. The van der Waals surface area contributed by atoms with E-state index in [9.17, 15) is 0 Å². The second-order valence-corrected chi connectivity index (χ2v) is 4.51. The minimum absolute atomic E-state index is 0.783. The normalized spacial score (nSPS) is 11.4. The Bertz CT molecular complexity index is 337. The Hall–Kier alpha value is -0.840. The lowest BCUT2D eigenvalue weighted by Crippen LogP contribution is -2.22. The van der Waals surface area contributed by atoms with Crippen molar-refractivity contribution >= 4 is 0 Å². The molecule has 1 aromatic rings. The molecule has 0 spiro atoms. The summed E-state index contributed by atoms with van der Waals surface area (Å²) in [7, 11) is 2.11. The first-order valence-electron chi connectivity index (χ1n) is 6.72.